The molecule has 4 rings (SSSR count). The van der Waals surface area contributed by atoms with E-state index in [4.69, 9.17) is 4.42 Å². The van der Waals surface area contributed by atoms with E-state index in [1.54, 1.807) is 23.0 Å². The maximum absolute atomic E-state index is 13.3. The number of likely N-dealkylation sites (tertiary alicyclic amines) is 1. The molecule has 1 fully saturated rings. The molecule has 1 atom stereocenters. The van der Waals surface area contributed by atoms with Gasteiger partial charge in [-0.1, -0.05) is 6.07 Å². The van der Waals surface area contributed by atoms with Gasteiger partial charge in [-0.15, -0.1) is 0 Å². The fraction of sp³-hybridized carbons (Fsp3) is 0.370. The number of nitrogens with zero attached hydrogens (tertiary/aromatic N) is 5. The van der Waals surface area contributed by atoms with Gasteiger partial charge in [0, 0.05) is 49.5 Å². The summed E-state index contributed by atoms with van der Waals surface area (Å²) < 4.78 is 5.61. The van der Waals surface area contributed by atoms with Gasteiger partial charge < -0.3 is 19.5 Å². The van der Waals surface area contributed by atoms with Crippen LogP contribution in [0.5, 0.6) is 0 Å². The van der Waals surface area contributed by atoms with E-state index in [0.29, 0.717) is 31.6 Å². The lowest BCUT2D eigenvalue weighted by atomic mass is 10.1. The smallest absolute Gasteiger partial charge is 0.247 e. The highest BCUT2D eigenvalue weighted by atomic mass is 16.3. The maximum Gasteiger partial charge on any atom is 0.247 e. The molecular weight excluding hydrogens is 470 g/mol. The number of carbonyl (C=O) groups excluding carboxylic acids is 2. The molecule has 0 radical (unpaired) electrons. The van der Waals surface area contributed by atoms with E-state index in [2.05, 4.69) is 20.6 Å². The Kier molecular flexibility index (Phi) is 8.36. The van der Waals surface area contributed by atoms with E-state index >= 15 is 0 Å². The number of aromatic nitrogens is 1. The van der Waals surface area contributed by atoms with E-state index in [1.165, 1.54) is 0 Å². The molecule has 10 heteroatoms. The quantitative estimate of drug-likeness (QED) is 0.220. The van der Waals surface area contributed by atoms with Crippen molar-refractivity contribution in [2.75, 3.05) is 32.0 Å². The van der Waals surface area contributed by atoms with Crippen molar-refractivity contribution in [2.24, 2.45) is 4.99 Å². The summed E-state index contributed by atoms with van der Waals surface area (Å²) >= 11 is 0. The average molecular weight is 502 g/mol. The van der Waals surface area contributed by atoms with Crippen LogP contribution in [-0.2, 0) is 16.0 Å². The molecule has 37 heavy (non-hydrogen) atoms. The first-order chi connectivity index (χ1) is 17.9. The largest absolute Gasteiger partial charge is 0.461 e. The number of amides is 2. The summed E-state index contributed by atoms with van der Waals surface area (Å²) in [7, 11) is 1.74. The lowest BCUT2D eigenvalue weighted by Crippen LogP contribution is -2.45. The van der Waals surface area contributed by atoms with Gasteiger partial charge in [-0.3, -0.25) is 19.9 Å². The number of nitrogens with one attached hydrogen (secondary N) is 2. The van der Waals surface area contributed by atoms with Gasteiger partial charge in [0.25, 0.3) is 0 Å². The Bertz CT molecular complexity index is 1310. The Morgan fingerprint density at radius 1 is 1.30 bits per heavy atom. The van der Waals surface area contributed by atoms with Gasteiger partial charge in [-0.25, -0.2) is 4.99 Å². The predicted molar refractivity (Wildman–Crippen MR) is 141 cm³/mol. The second kappa shape index (κ2) is 12.0. The highest BCUT2D eigenvalue weighted by Crippen LogP contribution is 2.23. The summed E-state index contributed by atoms with van der Waals surface area (Å²) in [6.07, 6.45) is 6.37. The van der Waals surface area contributed by atoms with Crippen LogP contribution >= 0.6 is 0 Å². The molecule has 2 amide bonds. The highest BCUT2D eigenvalue weighted by Gasteiger charge is 2.29. The molecule has 1 unspecified atom stereocenters. The first-order valence-electron chi connectivity index (χ1n) is 12.4. The molecule has 0 aliphatic carbocycles. The van der Waals surface area contributed by atoms with Gasteiger partial charge >= 0.3 is 0 Å². The molecule has 1 aromatic carbocycles. The van der Waals surface area contributed by atoms with Crippen molar-refractivity contribution in [1.29, 1.82) is 5.26 Å². The Morgan fingerprint density at radius 2 is 2.16 bits per heavy atom. The van der Waals surface area contributed by atoms with Gasteiger partial charge in [-0.05, 0) is 62.6 Å². The molecule has 0 bridgehead atoms. The number of benzene rings is 1. The second-order valence-electron chi connectivity index (χ2n) is 9.11. The summed E-state index contributed by atoms with van der Waals surface area (Å²) in [5, 5.41) is 15.8. The van der Waals surface area contributed by atoms with E-state index in [-0.39, 0.29) is 24.3 Å². The minimum atomic E-state index is -0.697. The molecule has 10 nitrogen and oxygen atoms in total. The molecule has 2 aromatic heterocycles. The molecule has 0 spiro atoms. The molecule has 1 saturated heterocycles. The van der Waals surface area contributed by atoms with E-state index in [0.717, 1.165) is 35.3 Å². The zero-order chi connectivity index (χ0) is 26.2. The van der Waals surface area contributed by atoms with Crippen molar-refractivity contribution >= 4 is 34.4 Å². The Morgan fingerprint density at radius 3 is 2.95 bits per heavy atom. The maximum atomic E-state index is 13.3. The zero-order valence-corrected chi connectivity index (χ0v) is 21.1. The third-order valence-electron chi connectivity index (χ3n) is 6.30. The van der Waals surface area contributed by atoms with Crippen molar-refractivity contribution in [3.05, 3.63) is 60.1 Å². The number of rotatable bonds is 7. The van der Waals surface area contributed by atoms with Crippen LogP contribution in [0.25, 0.3) is 11.0 Å². The number of nitriles is 1. The summed E-state index contributed by atoms with van der Waals surface area (Å²) in [5.41, 5.74) is 2.38. The molecule has 1 aliphatic rings. The lowest BCUT2D eigenvalue weighted by Gasteiger charge is -2.25. The number of pyridine rings is 1. The zero-order valence-electron chi connectivity index (χ0n) is 21.1. The first-order valence-corrected chi connectivity index (χ1v) is 12.4. The molecule has 2 N–H and O–H groups in total. The topological polar surface area (TPSA) is 127 Å². The minimum absolute atomic E-state index is 0.00544. The molecule has 192 valence electrons. The number of carbonyl (C=O) groups is 2. The van der Waals surface area contributed by atoms with Crippen LogP contribution in [0.1, 0.15) is 30.7 Å². The number of aliphatic imine (C=N–C) groups is 1. The fourth-order valence-corrected chi connectivity index (χ4v) is 4.29. The monoisotopic (exact) mass is 501 g/mol. The van der Waals surface area contributed by atoms with Gasteiger partial charge in [0.2, 0.25) is 17.8 Å². The summed E-state index contributed by atoms with van der Waals surface area (Å²) in [6, 6.07) is 12.5. The van der Waals surface area contributed by atoms with Gasteiger partial charge in [-0.2, -0.15) is 5.26 Å². The first kappa shape index (κ1) is 25.7. The SMILES string of the molecule is Cc1cc2cc(NC(=NC3CCCCN(CC(=O)N(C)CCc4ccccn4)C3=O)NC#N)ccc2o1. The lowest BCUT2D eigenvalue weighted by molar-refractivity contribution is -0.140. The summed E-state index contributed by atoms with van der Waals surface area (Å²) in [6.45, 7) is 2.88. The average Bonchev–Trinajstić information content (AvgIpc) is 3.18. The van der Waals surface area contributed by atoms with Crippen molar-refractivity contribution in [3.8, 4) is 6.19 Å². The Hall–Kier alpha value is -4.39. The number of likely N-dealkylation sites (N-methyl/N-ethyl adjacent to an activating group) is 1. The van der Waals surface area contributed by atoms with Crippen molar-refractivity contribution in [1.82, 2.24) is 20.1 Å². The number of hydrogen-bond donors (Lipinski definition) is 2. The van der Waals surface area contributed by atoms with Gasteiger partial charge in [0.15, 0.2) is 6.19 Å². The fourth-order valence-electron chi connectivity index (χ4n) is 4.29. The van der Waals surface area contributed by atoms with E-state index in [1.807, 2.05) is 55.6 Å². The number of aryl methyl sites for hydroxylation is 1. The van der Waals surface area contributed by atoms with Crippen LogP contribution in [0.3, 0.4) is 0 Å². The van der Waals surface area contributed by atoms with Crippen LogP contribution in [-0.4, -0.2) is 65.3 Å². The van der Waals surface area contributed by atoms with Crippen molar-refractivity contribution in [2.45, 2.75) is 38.6 Å². The van der Waals surface area contributed by atoms with E-state index in [9.17, 15) is 14.9 Å². The van der Waals surface area contributed by atoms with Crippen molar-refractivity contribution < 1.29 is 14.0 Å². The number of anilines is 1. The second-order valence-corrected chi connectivity index (χ2v) is 9.11. The van der Waals surface area contributed by atoms with Gasteiger partial charge in [0.1, 0.15) is 17.4 Å². The third kappa shape index (κ3) is 6.85. The third-order valence-corrected chi connectivity index (χ3v) is 6.30. The number of hydrogen-bond acceptors (Lipinski definition) is 6. The Balaban J connectivity index is 1.42. The normalized spacial score (nSPS) is 16.2. The highest BCUT2D eigenvalue weighted by molar-refractivity contribution is 5.98. The number of fused-ring (bicyclic) bond motifs is 1. The van der Waals surface area contributed by atoms with Crippen LogP contribution in [0, 0.1) is 18.4 Å². The van der Waals surface area contributed by atoms with Crippen LogP contribution < -0.4 is 10.6 Å². The molecule has 1 aliphatic heterocycles. The molecule has 0 saturated carbocycles. The predicted octanol–water partition coefficient (Wildman–Crippen LogP) is 3.06. The number of guanidine groups is 1. The van der Waals surface area contributed by atoms with E-state index < -0.39 is 6.04 Å². The molecule has 3 aromatic rings. The van der Waals surface area contributed by atoms with Crippen molar-refractivity contribution in [3.63, 3.8) is 0 Å². The molecule has 3 heterocycles. The Labute approximate surface area is 216 Å². The summed E-state index contributed by atoms with van der Waals surface area (Å²) in [5.74, 6) is 0.633. The standard InChI is InChI=1S/C27H31N7O3/c1-19-15-20-16-22(9-10-24(20)37-19)31-27(30-18-28)32-23-8-4-6-13-34(26(23)36)17-25(35)33(2)14-11-21-7-3-5-12-29-21/h3,5,7,9-10,12,15-16,23H,4,6,8,11,13-14,17H2,1-2H3,(H2,30,31,32). The minimum Gasteiger partial charge on any atom is -0.461 e. The van der Waals surface area contributed by atoms with Crippen LogP contribution in [0.15, 0.2) is 58.1 Å². The van der Waals surface area contributed by atoms with Crippen LogP contribution in [0.2, 0.25) is 0 Å². The number of furan rings is 1. The molecular formula is C27H31N7O3. The summed E-state index contributed by atoms with van der Waals surface area (Å²) in [4.78, 5) is 38.3. The van der Waals surface area contributed by atoms with Crippen LogP contribution in [0.4, 0.5) is 5.69 Å². The van der Waals surface area contributed by atoms with Gasteiger partial charge in [0.05, 0.1) is 6.54 Å².